The van der Waals surface area contributed by atoms with Gasteiger partial charge < -0.3 is 10.5 Å². The van der Waals surface area contributed by atoms with Crippen molar-refractivity contribution in [3.05, 3.63) is 59.4 Å². The Hall–Kier alpha value is -2.03. The zero-order valence-electron chi connectivity index (χ0n) is 9.61. The van der Waals surface area contributed by atoms with E-state index in [1.54, 1.807) is 6.07 Å². The number of nitrogens with two attached hydrogens (primary N) is 1. The Balaban J connectivity index is 2.07. The van der Waals surface area contributed by atoms with Gasteiger partial charge in [-0.3, -0.25) is 0 Å². The van der Waals surface area contributed by atoms with Crippen molar-refractivity contribution in [3.63, 3.8) is 0 Å². The minimum absolute atomic E-state index is 0.289. The molecule has 0 aliphatic rings. The lowest BCUT2D eigenvalue weighted by molar-refractivity contribution is 0.302. The van der Waals surface area contributed by atoms with Gasteiger partial charge in [0.05, 0.1) is 0 Å². The highest BCUT2D eigenvalue weighted by Gasteiger charge is 2.02. The number of benzene rings is 2. The largest absolute Gasteiger partial charge is 0.489 e. The maximum Gasteiger partial charge on any atom is 0.126 e. The van der Waals surface area contributed by atoms with Crippen LogP contribution in [0.1, 0.15) is 11.1 Å². The summed E-state index contributed by atoms with van der Waals surface area (Å²) in [6.45, 7) is 2.29. The zero-order chi connectivity index (χ0) is 12.3. The molecule has 0 unspecified atom stereocenters. The average Bonchev–Trinajstić information content (AvgIpc) is 2.32. The molecule has 3 heteroatoms. The van der Waals surface area contributed by atoms with Crippen LogP contribution < -0.4 is 10.5 Å². The lowest BCUT2D eigenvalue weighted by Crippen LogP contribution is -1.97. The van der Waals surface area contributed by atoms with Gasteiger partial charge in [0.25, 0.3) is 0 Å². The number of anilines is 1. The smallest absolute Gasteiger partial charge is 0.126 e. The van der Waals surface area contributed by atoms with E-state index < -0.39 is 0 Å². The molecule has 2 nitrogen and oxygen atoms in total. The maximum atomic E-state index is 13.0. The van der Waals surface area contributed by atoms with Gasteiger partial charge >= 0.3 is 0 Å². The van der Waals surface area contributed by atoms with Crippen LogP contribution in [0.4, 0.5) is 10.1 Å². The predicted molar refractivity (Wildman–Crippen MR) is 66.3 cm³/mol. The number of rotatable bonds is 3. The first-order chi connectivity index (χ1) is 8.15. The number of ether oxygens (including phenoxy) is 1. The molecule has 0 atom stereocenters. The third-order valence-electron chi connectivity index (χ3n) is 2.52. The molecule has 0 heterocycles. The molecule has 17 heavy (non-hydrogen) atoms. The van der Waals surface area contributed by atoms with E-state index >= 15 is 0 Å². The van der Waals surface area contributed by atoms with E-state index in [1.807, 2.05) is 31.2 Å². The third-order valence-corrected chi connectivity index (χ3v) is 2.52. The minimum Gasteiger partial charge on any atom is -0.489 e. The third kappa shape index (κ3) is 2.97. The molecule has 2 N–H and O–H groups in total. The Labute approximate surface area is 99.8 Å². The first-order valence-corrected chi connectivity index (χ1v) is 5.38. The van der Waals surface area contributed by atoms with Crippen molar-refractivity contribution in [1.29, 1.82) is 0 Å². The van der Waals surface area contributed by atoms with Gasteiger partial charge in [0.15, 0.2) is 0 Å². The minimum atomic E-state index is -0.289. The van der Waals surface area contributed by atoms with E-state index in [-0.39, 0.29) is 5.82 Å². The number of aryl methyl sites for hydroxylation is 1. The van der Waals surface area contributed by atoms with Crippen LogP contribution in [0.5, 0.6) is 5.75 Å². The van der Waals surface area contributed by atoms with E-state index in [4.69, 9.17) is 10.5 Å². The van der Waals surface area contributed by atoms with Crippen molar-refractivity contribution < 1.29 is 9.13 Å². The van der Waals surface area contributed by atoms with Crippen LogP contribution in [-0.2, 0) is 6.61 Å². The Morgan fingerprint density at radius 3 is 2.53 bits per heavy atom. The summed E-state index contributed by atoms with van der Waals surface area (Å²) in [7, 11) is 0. The quantitative estimate of drug-likeness (QED) is 0.822. The molecule has 2 aromatic carbocycles. The van der Waals surface area contributed by atoms with Gasteiger partial charge in [-0.25, -0.2) is 4.39 Å². The van der Waals surface area contributed by atoms with Crippen LogP contribution >= 0.6 is 0 Å². The molecule has 2 rings (SSSR count). The van der Waals surface area contributed by atoms with E-state index in [0.717, 1.165) is 16.8 Å². The molecule has 0 radical (unpaired) electrons. The summed E-state index contributed by atoms with van der Waals surface area (Å²) in [4.78, 5) is 0. The predicted octanol–water partition coefficient (Wildman–Crippen LogP) is 3.30. The van der Waals surface area contributed by atoms with Crippen molar-refractivity contribution in [2.75, 3.05) is 5.73 Å². The topological polar surface area (TPSA) is 35.2 Å². The Morgan fingerprint density at radius 1 is 1.12 bits per heavy atom. The Bertz CT molecular complexity index is 508. The first kappa shape index (κ1) is 11.5. The molecule has 0 aliphatic heterocycles. The lowest BCUT2D eigenvalue weighted by Gasteiger charge is -2.09. The van der Waals surface area contributed by atoms with Crippen LogP contribution in [0.15, 0.2) is 42.5 Å². The number of nitrogen functional groups attached to an aromatic ring is 1. The summed E-state index contributed by atoms with van der Waals surface area (Å²) in [5, 5.41) is 0. The summed E-state index contributed by atoms with van der Waals surface area (Å²) in [5.41, 5.74) is 8.23. The van der Waals surface area contributed by atoms with E-state index in [0.29, 0.717) is 12.4 Å². The molecule has 0 spiro atoms. The number of halogens is 1. The number of hydrogen-bond acceptors (Lipinski definition) is 2. The van der Waals surface area contributed by atoms with E-state index in [9.17, 15) is 4.39 Å². The van der Waals surface area contributed by atoms with Crippen LogP contribution in [-0.4, -0.2) is 0 Å². The summed E-state index contributed by atoms with van der Waals surface area (Å²) in [6, 6.07) is 11.9. The molecule has 0 bridgehead atoms. The second kappa shape index (κ2) is 4.87. The Morgan fingerprint density at radius 2 is 1.82 bits per heavy atom. The molecular formula is C14H14FNO. The summed E-state index contributed by atoms with van der Waals surface area (Å²) >= 11 is 0. The molecule has 0 amide bonds. The summed E-state index contributed by atoms with van der Waals surface area (Å²) in [6.07, 6.45) is 0. The van der Waals surface area contributed by atoms with Crippen molar-refractivity contribution in [2.45, 2.75) is 13.5 Å². The highest BCUT2D eigenvalue weighted by molar-refractivity contribution is 5.39. The van der Waals surface area contributed by atoms with Gasteiger partial charge in [0.1, 0.15) is 18.2 Å². The lowest BCUT2D eigenvalue weighted by atomic mass is 10.2. The second-order valence-corrected chi connectivity index (χ2v) is 3.94. The fourth-order valence-electron chi connectivity index (χ4n) is 1.50. The molecule has 0 saturated heterocycles. The van der Waals surface area contributed by atoms with Gasteiger partial charge in [-0.1, -0.05) is 18.2 Å². The fourth-order valence-corrected chi connectivity index (χ4v) is 1.50. The van der Waals surface area contributed by atoms with Crippen LogP contribution in [0.2, 0.25) is 0 Å². The normalized spacial score (nSPS) is 10.2. The Kier molecular flexibility index (Phi) is 3.28. The second-order valence-electron chi connectivity index (χ2n) is 3.94. The number of hydrogen-bond donors (Lipinski definition) is 1. The van der Waals surface area contributed by atoms with Crippen LogP contribution in [0.3, 0.4) is 0 Å². The zero-order valence-corrected chi connectivity index (χ0v) is 9.61. The monoisotopic (exact) mass is 231 g/mol. The summed E-state index contributed by atoms with van der Waals surface area (Å²) < 4.78 is 18.6. The highest BCUT2D eigenvalue weighted by atomic mass is 19.1. The molecule has 0 saturated carbocycles. The average molecular weight is 231 g/mol. The van der Waals surface area contributed by atoms with Crippen molar-refractivity contribution in [3.8, 4) is 5.75 Å². The molecule has 88 valence electrons. The van der Waals surface area contributed by atoms with Crippen molar-refractivity contribution in [2.24, 2.45) is 0 Å². The van der Waals surface area contributed by atoms with E-state index in [2.05, 4.69) is 0 Å². The molecule has 0 fully saturated rings. The highest BCUT2D eigenvalue weighted by Crippen LogP contribution is 2.20. The van der Waals surface area contributed by atoms with Gasteiger partial charge in [-0.05, 0) is 36.2 Å². The van der Waals surface area contributed by atoms with Gasteiger partial charge in [0.2, 0.25) is 0 Å². The van der Waals surface area contributed by atoms with Crippen LogP contribution in [0, 0.1) is 12.7 Å². The first-order valence-electron chi connectivity index (χ1n) is 5.38. The standard InChI is InChI=1S/C14H14FNO/c1-10-2-5-12(15)8-14(10)17-9-11-3-6-13(16)7-4-11/h2-8H,9,16H2,1H3. The van der Waals surface area contributed by atoms with Crippen molar-refractivity contribution >= 4 is 5.69 Å². The van der Waals surface area contributed by atoms with Gasteiger partial charge in [-0.2, -0.15) is 0 Å². The molecule has 0 aliphatic carbocycles. The van der Waals surface area contributed by atoms with Crippen molar-refractivity contribution in [1.82, 2.24) is 0 Å². The van der Waals surface area contributed by atoms with Gasteiger partial charge in [-0.15, -0.1) is 0 Å². The summed E-state index contributed by atoms with van der Waals surface area (Å²) in [5.74, 6) is 0.282. The fraction of sp³-hybridized carbons (Fsp3) is 0.143. The maximum absolute atomic E-state index is 13.0. The molecule has 2 aromatic rings. The SMILES string of the molecule is Cc1ccc(F)cc1OCc1ccc(N)cc1. The van der Waals surface area contributed by atoms with Gasteiger partial charge in [0, 0.05) is 11.8 Å². The van der Waals surface area contributed by atoms with E-state index in [1.165, 1.54) is 12.1 Å². The molecular weight excluding hydrogens is 217 g/mol. The molecule has 0 aromatic heterocycles. The van der Waals surface area contributed by atoms with Crippen LogP contribution in [0.25, 0.3) is 0 Å².